The number of ether oxygens (including phenoxy) is 5. The molecule has 128 heavy (non-hydrogen) atoms. The molecule has 15 rings (SSSR count). The van der Waals surface area contributed by atoms with E-state index >= 15 is 0 Å². The second-order valence-electron chi connectivity index (χ2n) is 36.9. The van der Waals surface area contributed by atoms with Crippen molar-refractivity contribution in [3.8, 4) is 0 Å². The zero-order valence-electron chi connectivity index (χ0n) is 75.6. The minimum absolute atomic E-state index is 0.151. The summed E-state index contributed by atoms with van der Waals surface area (Å²) in [6.45, 7) is 22.5. The highest BCUT2D eigenvalue weighted by Gasteiger charge is 2.50. The van der Waals surface area contributed by atoms with Crippen molar-refractivity contribution in [2.75, 3.05) is 135 Å². The number of rotatable bonds is 26. The summed E-state index contributed by atoms with van der Waals surface area (Å²) in [5.41, 5.74) is 2.34. The van der Waals surface area contributed by atoms with Crippen molar-refractivity contribution in [1.29, 1.82) is 0 Å². The van der Waals surface area contributed by atoms with Crippen LogP contribution in [0, 0.1) is 30.1 Å². The standard InChI is InChI=1S/C19H31N4O4PS.C16H26N5O4P.C16H24N3O3PS.C15H24N5O4P.C15H23N4O3PS/c1-6-7-10-29-19-22-13-16(20-11(2)21-17(13)26)23(19)18-15(25)14(24)12(27-18)8-9-28(3,4)5;1-20(2)16-18-13-10(14(24)19-16)17-8-21(13)15-12(23)11(22)9(25-15)6-7-26(3,4)5;1-9-17-14-10(15(24)18-9)5-7-19(14)16-13(21)12(20)11(22-16)6-8-23(2,3)4;1-16-15-18-12-9(13(23)19-15)17-7-20(12)14-11(22)10(21)8(24-14)5-6-25(2,3)4;1-8-17-13-10(14(24)18-8)16-7-19(13)15-12(21)11(20)9(22-15)5-6-23(2,3)4/h12,14-15,18,24-25H,3,6-10H2,1-2,4-5H3,(H,20,21,26);8-9,11-12,15,22-23H,3,6-7H2,1-2,4-5H3,(H,18,19,24);5,7,11-13,16,20-21H,2,6,8H2,1,3-4H3,(H,17,18,24);7-8,10-11,14,21-22H,2,5-6H2,1,3-4H3,(H2,16,18,19,23);7,9,11-12,15,20-21H,2,5-6H2,1,3-4H3,(H,17,18,24)/t12-,14-,15-,18?;9-,11-,12-,15?;11-,12-,13-,16?;8-,10-,11-,14?;9-,11-,12-,15?/m11111/s1. The van der Waals surface area contributed by atoms with E-state index < -0.39 is 157 Å². The molecule has 0 aliphatic carbocycles. The van der Waals surface area contributed by atoms with E-state index in [1.165, 1.54) is 33.6 Å². The fourth-order valence-electron chi connectivity index (χ4n) is 15.2. The molecule has 0 bridgehead atoms. The van der Waals surface area contributed by atoms with Gasteiger partial charge in [0.1, 0.15) is 100.0 Å². The number of aliphatic hydroxyl groups excluding tert-OH is 10. The SMILES string of the molecule is C=P(C)(C)CC[C@H]1OC(n2c(SCCCC)nc3c(=O)[nH]c(C)nc32)[C@H](O)[C@@H]1O.C=P(C)(C)CC[C@H]1OC(n2ccc3c(=S)nc(C)[nH]c32)[C@H](O)[C@@H]1O.C=P(C)(C)CC[C@H]1OC(n2cnc3c(=O)[nH]c(N(C)C)nc32)[C@H](O)[C@@H]1O.C=P(C)(C)CC[C@H]1OC(n2cnc3c(=O)[nH]c(NC)nc32)[C@H](O)[C@@H]1O.C=P(C)(C)CC[C@H]1OC(n2cnc3c(=S)nc(C)[nH]c32)[C@H](O)[C@@H]1O. The average molecular weight is 1940 g/mol. The molecule has 39 nitrogen and oxygen atoms in total. The van der Waals surface area contributed by atoms with Crippen molar-refractivity contribution >= 4 is 170 Å². The topological polar surface area (TPSA) is 535 Å². The Labute approximate surface area is 756 Å². The van der Waals surface area contributed by atoms with Crippen LogP contribution in [0.25, 0.3) is 55.7 Å². The van der Waals surface area contributed by atoms with E-state index in [-0.39, 0.29) is 44.8 Å². The molecule has 16 N–H and O–H groups in total. The van der Waals surface area contributed by atoms with Crippen molar-refractivity contribution in [1.82, 2.24) is 92.6 Å². The Kier molecular flexibility index (Phi) is 33.1. The number of unbranched alkanes of at least 4 members (excludes halogenated alkanes) is 1. The molecule has 10 aromatic heterocycles. The zero-order valence-corrected chi connectivity index (χ0v) is 82.5. The molecule has 47 heteroatoms. The number of nitrogens with one attached hydrogen (secondary N) is 6. The summed E-state index contributed by atoms with van der Waals surface area (Å²) in [5.74, 6) is 3.29. The van der Waals surface area contributed by atoms with Crippen molar-refractivity contribution in [3.63, 3.8) is 0 Å². The van der Waals surface area contributed by atoms with Gasteiger partial charge in [0.25, 0.3) is 16.7 Å². The van der Waals surface area contributed by atoms with Gasteiger partial charge in [-0.1, -0.05) is 49.5 Å². The summed E-state index contributed by atoms with van der Waals surface area (Å²) < 4.78 is 38.9. The van der Waals surface area contributed by atoms with Gasteiger partial charge in [0, 0.05) is 33.1 Å². The Hall–Kier alpha value is -6.49. The first-order valence-corrected chi connectivity index (χ1v) is 59.2. The number of fused-ring (bicyclic) bond motifs is 5. The van der Waals surface area contributed by atoms with Gasteiger partial charge in [0.2, 0.25) is 11.9 Å². The third kappa shape index (κ3) is 24.4. The molecular weight excluding hydrogens is 1810 g/mol. The lowest BCUT2D eigenvalue weighted by Gasteiger charge is -2.20. The third-order valence-electron chi connectivity index (χ3n) is 22.3. The van der Waals surface area contributed by atoms with E-state index in [1.807, 2.05) is 13.0 Å². The van der Waals surface area contributed by atoms with Crippen LogP contribution >= 0.6 is 70.6 Å². The van der Waals surface area contributed by atoms with Gasteiger partial charge in [-0.05, 0) is 163 Å². The number of imidazole rings is 4. The van der Waals surface area contributed by atoms with E-state index in [1.54, 1.807) is 66.1 Å². The molecule has 0 amide bonds. The Morgan fingerprint density at radius 3 is 1.24 bits per heavy atom. The van der Waals surface area contributed by atoms with Crippen LogP contribution in [0.4, 0.5) is 11.9 Å². The molecule has 5 aliphatic rings. The van der Waals surface area contributed by atoms with Gasteiger partial charge in [0.15, 0.2) is 74.4 Å². The molecule has 5 aliphatic heterocycles. The fourth-order valence-corrected chi connectivity index (χ4v) is 21.7. The minimum atomic E-state index is -1.28. The molecular formula is C81H128N21O18P5S3. The smallest absolute Gasteiger partial charge is 0.280 e. The van der Waals surface area contributed by atoms with Crippen LogP contribution in [0.1, 0.15) is 100 Å². The molecule has 10 aromatic rings. The van der Waals surface area contributed by atoms with Gasteiger partial charge >= 0.3 is 0 Å². The number of aromatic nitrogens is 19. The Balaban J connectivity index is 0.000000155. The van der Waals surface area contributed by atoms with Crippen molar-refractivity contribution in [2.45, 2.75) is 200 Å². The summed E-state index contributed by atoms with van der Waals surface area (Å²) in [6, 6.07) is 1.85. The van der Waals surface area contributed by atoms with Crippen LogP contribution in [-0.2, 0) is 23.7 Å². The first kappa shape index (κ1) is 102. The quantitative estimate of drug-likeness (QED) is 0.0138. The van der Waals surface area contributed by atoms with Crippen molar-refractivity contribution in [2.24, 2.45) is 0 Å². The predicted molar refractivity (Wildman–Crippen MR) is 522 cm³/mol. The second kappa shape index (κ2) is 41.6. The van der Waals surface area contributed by atoms with E-state index in [0.29, 0.717) is 92.4 Å². The molecule has 0 saturated carbocycles. The van der Waals surface area contributed by atoms with Crippen molar-refractivity contribution in [3.05, 3.63) is 89.1 Å². The Bertz CT molecular complexity index is 6020. The molecule has 15 heterocycles. The molecule has 5 fully saturated rings. The Morgan fingerprint density at radius 2 is 0.812 bits per heavy atom. The molecule has 0 radical (unpaired) electrons. The summed E-state index contributed by atoms with van der Waals surface area (Å²) in [6.07, 6.45) is 20.1. The lowest BCUT2D eigenvalue weighted by molar-refractivity contribution is -0.0400. The largest absolute Gasteiger partial charge is 0.388 e. The maximum atomic E-state index is 12.4. The van der Waals surface area contributed by atoms with Crippen molar-refractivity contribution < 1.29 is 74.7 Å². The number of aryl methyl sites for hydroxylation is 3. The van der Waals surface area contributed by atoms with Gasteiger partial charge < -0.3 is 104 Å². The number of hydrogen-bond acceptors (Lipinski definition) is 32. The maximum Gasteiger partial charge on any atom is 0.280 e. The van der Waals surface area contributed by atoms with Gasteiger partial charge in [-0.25, -0.2) is 34.9 Å². The van der Waals surface area contributed by atoms with Crippen LogP contribution in [0.3, 0.4) is 0 Å². The highest BCUT2D eigenvalue weighted by molar-refractivity contribution is 7.99. The highest BCUT2D eigenvalue weighted by Crippen LogP contribution is 2.46. The third-order valence-corrected chi connectivity index (χ3v) is 31.3. The predicted octanol–water partition coefficient (Wildman–Crippen LogP) is 5.46. The number of hydrogen-bond donors (Lipinski definition) is 16. The number of aromatic amines is 5. The van der Waals surface area contributed by atoms with E-state index in [4.69, 9.17) is 48.1 Å². The van der Waals surface area contributed by atoms with E-state index in [2.05, 4.69) is 180 Å². The van der Waals surface area contributed by atoms with Crippen LogP contribution in [0.2, 0.25) is 0 Å². The summed E-state index contributed by atoms with van der Waals surface area (Å²) in [5, 5.41) is 109. The number of nitrogens with zero attached hydrogens (tertiary/aromatic N) is 15. The van der Waals surface area contributed by atoms with Crippen LogP contribution in [0.15, 0.2) is 50.8 Å². The maximum absolute atomic E-state index is 12.4. The van der Waals surface area contributed by atoms with E-state index in [0.717, 1.165) is 60.4 Å². The normalized spacial score (nSPS) is 26.8. The number of H-pyrrole nitrogens is 5. The first-order valence-electron chi connectivity index (χ1n) is 42.1. The number of thioether (sulfide) groups is 1. The zero-order chi connectivity index (χ0) is 94.2. The van der Waals surface area contributed by atoms with E-state index in [9.17, 15) is 65.4 Å². The fraction of sp³-hybridized carbons (Fsp3) is 0.617. The first-order chi connectivity index (χ1) is 59.7. The summed E-state index contributed by atoms with van der Waals surface area (Å²) >= 11 is 12.0. The Morgan fingerprint density at radius 1 is 0.445 bits per heavy atom. The molecule has 0 spiro atoms. The minimum Gasteiger partial charge on any atom is -0.388 e. The molecule has 0 aromatic carbocycles. The van der Waals surface area contributed by atoms with Gasteiger partial charge in [-0.15, -0.1) is 65.9 Å². The second-order valence-corrected chi connectivity index (χ2v) is 60.4. The number of anilines is 2. The van der Waals surface area contributed by atoms with Gasteiger partial charge in [0.05, 0.1) is 54.9 Å². The highest BCUT2D eigenvalue weighted by atomic mass is 32.2. The summed E-state index contributed by atoms with van der Waals surface area (Å²) in [4.78, 5) is 90.9. The van der Waals surface area contributed by atoms with Crippen LogP contribution in [-0.4, -0.2) is 391 Å². The monoisotopic (exact) mass is 1930 g/mol. The average Bonchev–Trinajstić information content (AvgIpc) is 1.62. The van der Waals surface area contributed by atoms with Gasteiger partial charge in [-0.2, -0.15) is 9.97 Å². The number of aliphatic hydroxyl groups is 10. The van der Waals surface area contributed by atoms with Crippen LogP contribution in [0.5, 0.6) is 0 Å². The molecule has 20 atom stereocenters. The van der Waals surface area contributed by atoms with Crippen LogP contribution < -0.4 is 26.9 Å². The lowest BCUT2D eigenvalue weighted by Crippen LogP contribution is -2.32. The van der Waals surface area contributed by atoms with Gasteiger partial charge in [-0.3, -0.25) is 42.6 Å². The molecule has 5 saturated heterocycles. The molecule has 5 unspecified atom stereocenters. The lowest BCUT2D eigenvalue weighted by atomic mass is 10.1. The summed E-state index contributed by atoms with van der Waals surface area (Å²) in [7, 11) is 5.15. The molecule has 708 valence electrons.